The van der Waals surface area contributed by atoms with Gasteiger partial charge < -0.3 is 5.32 Å². The molecule has 7 heteroatoms. The first-order valence-corrected chi connectivity index (χ1v) is 9.12. The molecule has 2 N–H and O–H groups in total. The van der Waals surface area contributed by atoms with Crippen molar-refractivity contribution < 1.29 is 8.42 Å². The minimum atomic E-state index is -3.35. The first kappa shape index (κ1) is 16.1. The van der Waals surface area contributed by atoms with E-state index < -0.39 is 10.0 Å². The molecule has 0 aliphatic rings. The molecule has 114 valence electrons. The lowest BCUT2D eigenvalue weighted by atomic mass is 10.1. The minimum Gasteiger partial charge on any atom is -0.316 e. The van der Waals surface area contributed by atoms with Crippen LogP contribution in [-0.4, -0.2) is 20.4 Å². The van der Waals surface area contributed by atoms with E-state index in [9.17, 15) is 8.42 Å². The number of aromatic nitrogens is 1. The lowest BCUT2D eigenvalue weighted by molar-refractivity contribution is 0.580. The molecule has 0 fully saturated rings. The molecule has 0 unspecified atom stereocenters. The van der Waals surface area contributed by atoms with E-state index in [4.69, 9.17) is 0 Å². The monoisotopic (exact) mass is 325 g/mol. The van der Waals surface area contributed by atoms with Crippen LogP contribution in [-0.2, 0) is 28.9 Å². The highest BCUT2D eigenvalue weighted by Crippen LogP contribution is 2.13. The predicted molar refractivity (Wildman–Crippen MR) is 85.5 cm³/mol. The third kappa shape index (κ3) is 4.89. The number of aryl methyl sites for hydroxylation is 1. The summed E-state index contributed by atoms with van der Waals surface area (Å²) in [6.45, 7) is 2.90. The summed E-state index contributed by atoms with van der Waals surface area (Å²) in [5.41, 5.74) is 4.46. The molecule has 0 saturated heterocycles. The number of sulfonamides is 1. The fourth-order valence-electron chi connectivity index (χ4n) is 1.98. The molecular formula is C14H19N3O2S2. The van der Waals surface area contributed by atoms with Crippen molar-refractivity contribution in [2.75, 3.05) is 7.05 Å². The van der Waals surface area contributed by atoms with Gasteiger partial charge in [-0.3, -0.25) is 0 Å². The van der Waals surface area contributed by atoms with E-state index in [1.165, 1.54) is 11.3 Å². The average molecular weight is 325 g/mol. The van der Waals surface area contributed by atoms with Gasteiger partial charge in [0.15, 0.2) is 0 Å². The smallest absolute Gasteiger partial charge is 0.216 e. The first-order valence-electron chi connectivity index (χ1n) is 6.59. The Morgan fingerprint density at radius 2 is 2.00 bits per heavy atom. The molecule has 0 bridgehead atoms. The molecule has 1 aromatic carbocycles. The van der Waals surface area contributed by atoms with Crippen molar-refractivity contribution in [3.8, 4) is 0 Å². The van der Waals surface area contributed by atoms with Gasteiger partial charge in [0.25, 0.3) is 0 Å². The Morgan fingerprint density at radius 1 is 1.24 bits per heavy atom. The molecule has 0 saturated carbocycles. The Hall–Kier alpha value is -1.28. The number of thiazole rings is 1. The molecule has 0 aliphatic heterocycles. The third-order valence-electron chi connectivity index (χ3n) is 3.03. The second kappa shape index (κ2) is 7.13. The molecule has 1 aromatic heterocycles. The molecule has 0 amide bonds. The first-order chi connectivity index (χ1) is 10.00. The third-order valence-corrected chi connectivity index (χ3v) is 5.26. The second-order valence-corrected chi connectivity index (χ2v) is 7.54. The predicted octanol–water partition coefficient (Wildman–Crippen LogP) is 1.79. The lowest BCUT2D eigenvalue weighted by Gasteiger charge is -2.08. The highest BCUT2D eigenvalue weighted by Gasteiger charge is 2.13. The normalized spacial score (nSPS) is 11.7. The number of hydrogen-bond acceptors (Lipinski definition) is 5. The molecule has 2 rings (SSSR count). The zero-order chi connectivity index (χ0) is 15.3. The Morgan fingerprint density at radius 3 is 2.67 bits per heavy atom. The van der Waals surface area contributed by atoms with Crippen LogP contribution >= 0.6 is 11.3 Å². The van der Waals surface area contributed by atoms with Crippen LogP contribution in [0.2, 0.25) is 0 Å². The van der Waals surface area contributed by atoms with Crippen molar-refractivity contribution in [1.82, 2.24) is 15.0 Å². The van der Waals surface area contributed by atoms with Gasteiger partial charge in [0.2, 0.25) is 10.0 Å². The maximum absolute atomic E-state index is 12.1. The Labute approximate surface area is 129 Å². The molecule has 0 atom stereocenters. The Kier molecular flexibility index (Phi) is 5.46. The highest BCUT2D eigenvalue weighted by molar-refractivity contribution is 7.88. The molecule has 5 nitrogen and oxygen atoms in total. The summed E-state index contributed by atoms with van der Waals surface area (Å²) in [6.07, 6.45) is 0. The van der Waals surface area contributed by atoms with Gasteiger partial charge in [-0.05, 0) is 25.1 Å². The molecular weight excluding hydrogens is 306 g/mol. The van der Waals surface area contributed by atoms with E-state index in [0.29, 0.717) is 6.54 Å². The lowest BCUT2D eigenvalue weighted by Crippen LogP contribution is -2.24. The van der Waals surface area contributed by atoms with Crippen LogP contribution < -0.4 is 10.0 Å². The zero-order valence-electron chi connectivity index (χ0n) is 12.1. The van der Waals surface area contributed by atoms with Crippen molar-refractivity contribution in [1.29, 1.82) is 0 Å². The summed E-state index contributed by atoms with van der Waals surface area (Å²) in [5, 5.41) is 3.05. The van der Waals surface area contributed by atoms with E-state index in [2.05, 4.69) is 15.0 Å². The summed E-state index contributed by atoms with van der Waals surface area (Å²) in [5.74, 6) is -0.0115. The molecule has 0 spiro atoms. The van der Waals surface area contributed by atoms with E-state index in [-0.39, 0.29) is 5.75 Å². The molecule has 21 heavy (non-hydrogen) atoms. The van der Waals surface area contributed by atoms with Crippen LogP contribution in [0.3, 0.4) is 0 Å². The van der Waals surface area contributed by atoms with Crippen LogP contribution in [0.1, 0.15) is 21.7 Å². The Balaban J connectivity index is 2.00. The van der Waals surface area contributed by atoms with Crippen molar-refractivity contribution in [3.05, 3.63) is 51.5 Å². The minimum absolute atomic E-state index is 0.0115. The topological polar surface area (TPSA) is 71.1 Å². The van der Waals surface area contributed by atoms with E-state index in [1.807, 2.05) is 38.2 Å². The van der Waals surface area contributed by atoms with Crippen molar-refractivity contribution in [2.24, 2.45) is 0 Å². The van der Waals surface area contributed by atoms with Gasteiger partial charge in [0.05, 0.1) is 17.0 Å². The maximum Gasteiger partial charge on any atom is 0.216 e. The summed E-state index contributed by atoms with van der Waals surface area (Å²) in [6, 6.07) is 7.59. The quantitative estimate of drug-likeness (QED) is 0.814. The average Bonchev–Trinajstić information content (AvgIpc) is 2.82. The number of benzene rings is 1. The van der Waals surface area contributed by atoms with Crippen molar-refractivity contribution in [3.63, 3.8) is 0 Å². The Bertz CT molecular complexity index is 696. The van der Waals surface area contributed by atoms with Gasteiger partial charge in [-0.25, -0.2) is 18.1 Å². The molecule has 0 aliphatic carbocycles. The summed E-state index contributed by atoms with van der Waals surface area (Å²) >= 11 is 1.46. The van der Waals surface area contributed by atoms with E-state index in [1.54, 1.807) is 5.51 Å². The fraction of sp³-hybridized carbons (Fsp3) is 0.357. The number of rotatable bonds is 7. The number of nitrogens with zero attached hydrogens (tertiary/aromatic N) is 1. The van der Waals surface area contributed by atoms with E-state index in [0.717, 1.165) is 28.2 Å². The van der Waals surface area contributed by atoms with Gasteiger partial charge in [0.1, 0.15) is 0 Å². The second-order valence-electron chi connectivity index (χ2n) is 4.79. The van der Waals surface area contributed by atoms with Gasteiger partial charge in [-0.15, -0.1) is 11.3 Å². The van der Waals surface area contributed by atoms with Gasteiger partial charge >= 0.3 is 0 Å². The maximum atomic E-state index is 12.1. The van der Waals surface area contributed by atoms with Crippen molar-refractivity contribution >= 4 is 21.4 Å². The molecule has 0 radical (unpaired) electrons. The summed E-state index contributed by atoms with van der Waals surface area (Å²) in [4.78, 5) is 5.06. The van der Waals surface area contributed by atoms with Crippen LogP contribution in [0.15, 0.2) is 29.8 Å². The summed E-state index contributed by atoms with van der Waals surface area (Å²) in [7, 11) is -1.49. The van der Waals surface area contributed by atoms with Gasteiger partial charge in [-0.1, -0.05) is 24.3 Å². The van der Waals surface area contributed by atoms with Gasteiger partial charge in [-0.2, -0.15) is 0 Å². The van der Waals surface area contributed by atoms with Crippen LogP contribution in [0.4, 0.5) is 0 Å². The molecule has 2 aromatic rings. The van der Waals surface area contributed by atoms with E-state index >= 15 is 0 Å². The number of nitrogens with one attached hydrogen (secondary N) is 2. The highest BCUT2D eigenvalue weighted by atomic mass is 32.2. The zero-order valence-corrected chi connectivity index (χ0v) is 13.7. The van der Waals surface area contributed by atoms with Crippen molar-refractivity contribution in [2.45, 2.75) is 25.8 Å². The van der Waals surface area contributed by atoms with Gasteiger partial charge in [0, 0.05) is 18.0 Å². The van der Waals surface area contributed by atoms with Crippen LogP contribution in [0.25, 0.3) is 0 Å². The number of hydrogen-bond donors (Lipinski definition) is 2. The largest absolute Gasteiger partial charge is 0.316 e. The van der Waals surface area contributed by atoms with Crippen LogP contribution in [0, 0.1) is 6.92 Å². The standard InChI is InChI=1S/C14H19N3O2S2/c1-11-14(20-10-16-11)8-17-21(18,19)9-13-5-3-4-12(6-13)7-15-2/h3-6,10,15,17H,7-9H2,1-2H3. The fourth-order valence-corrected chi connectivity index (χ4v) is 3.87. The summed E-state index contributed by atoms with van der Waals surface area (Å²) < 4.78 is 26.9. The van der Waals surface area contributed by atoms with Crippen LogP contribution in [0.5, 0.6) is 0 Å². The SMILES string of the molecule is CNCc1cccc(CS(=O)(=O)NCc2scnc2C)c1. The molecule has 1 heterocycles.